The number of hydrogen-bond acceptors (Lipinski definition) is 10. The molecular weight excluding hydrogens is 743 g/mol. The summed E-state index contributed by atoms with van der Waals surface area (Å²) in [5, 5.41) is 3.05. The molecule has 0 aliphatic carbocycles. The number of urea groups is 1. The largest absolute Gasteiger partial charge is 0.464 e. The van der Waals surface area contributed by atoms with E-state index in [0.29, 0.717) is 88.1 Å². The van der Waals surface area contributed by atoms with Gasteiger partial charge in [-0.3, -0.25) is 14.6 Å². The van der Waals surface area contributed by atoms with Crippen molar-refractivity contribution in [2.45, 2.75) is 76.9 Å². The number of benzene rings is 2. The lowest BCUT2D eigenvalue weighted by molar-refractivity contribution is -0.144. The highest BCUT2D eigenvalue weighted by atomic mass is 16.6. The van der Waals surface area contributed by atoms with Gasteiger partial charge in [-0.25, -0.2) is 14.4 Å². The molecule has 1 atom stereocenters. The van der Waals surface area contributed by atoms with Crippen LogP contribution in [-0.4, -0.2) is 145 Å². The van der Waals surface area contributed by atoms with Crippen LogP contribution in [0.1, 0.15) is 61.6 Å². The monoisotopic (exact) mass is 801 g/mol. The van der Waals surface area contributed by atoms with Crippen molar-refractivity contribution >= 4 is 40.8 Å². The number of H-pyrrole nitrogens is 1. The van der Waals surface area contributed by atoms with Gasteiger partial charge in [-0.15, -0.1) is 0 Å². The van der Waals surface area contributed by atoms with Crippen LogP contribution in [-0.2, 0) is 31.9 Å². The van der Waals surface area contributed by atoms with Gasteiger partial charge in [-0.2, -0.15) is 0 Å². The molecule has 0 spiro atoms. The fourth-order valence-electron chi connectivity index (χ4n) is 9.21. The zero-order valence-electron chi connectivity index (χ0n) is 34.2. The number of likely N-dealkylation sites (N-methyl/N-ethyl adjacent to an activating group) is 1. The number of fused-ring (bicyclic) bond motifs is 2. The predicted molar refractivity (Wildman–Crippen MR) is 219 cm³/mol. The molecule has 58 heavy (non-hydrogen) atoms. The Morgan fingerprint density at radius 3 is 2.31 bits per heavy atom. The first-order valence-electron chi connectivity index (χ1n) is 21.1. The number of nitrogens with zero attached hydrogens (tertiary/aromatic N) is 5. The highest BCUT2D eigenvalue weighted by Crippen LogP contribution is 2.33. The summed E-state index contributed by atoms with van der Waals surface area (Å²) in [4.78, 5) is 77.9. The molecule has 0 radical (unpaired) electrons. The van der Waals surface area contributed by atoms with E-state index < -0.39 is 18.0 Å². The molecule has 2 aromatic carbocycles. The molecule has 3 fully saturated rings. The third-order valence-electron chi connectivity index (χ3n) is 12.6. The molecule has 4 aliphatic heterocycles. The Morgan fingerprint density at radius 1 is 0.897 bits per heavy atom. The van der Waals surface area contributed by atoms with Crippen LogP contribution < -0.4 is 11.1 Å². The molecule has 0 saturated carbocycles. The number of piperidine rings is 3. The molecule has 0 bridgehead atoms. The second-order valence-electron chi connectivity index (χ2n) is 16.7. The van der Waals surface area contributed by atoms with Gasteiger partial charge in [0, 0.05) is 64.0 Å². The minimum Gasteiger partial charge on any atom is -0.464 e. The lowest BCUT2D eigenvalue weighted by Gasteiger charge is -2.41. The van der Waals surface area contributed by atoms with E-state index in [-0.39, 0.29) is 30.4 Å². The molecule has 7 rings (SSSR count). The van der Waals surface area contributed by atoms with E-state index in [0.717, 1.165) is 74.1 Å². The van der Waals surface area contributed by atoms with Crippen molar-refractivity contribution in [1.82, 2.24) is 29.5 Å². The maximum Gasteiger partial charge on any atom is 0.417 e. The van der Waals surface area contributed by atoms with Gasteiger partial charge in [-0.1, -0.05) is 24.3 Å². The number of rotatable bonds is 12. The standard InChI is InChI=1S/C43H59N7O8/c1-29-26-30(27-36-39(29)45-42(54)57-36)28-37(58-43(55)49-21-13-34(14-22-49)50-23-12-33-6-4-5-7-35(33)44-41(50)53)40(52)48-19-10-32(11-20-48)31-8-16-47(17-9-31)18-15-38(51)56-25-24-46(2)3/h4-7,26-27,31-32,34,37H,8-25,28H2,1-3H3,(H,44,53)(H,45,54)/t37-/m1/s1. The number of oxazole rings is 1. The van der Waals surface area contributed by atoms with Crippen molar-refractivity contribution < 1.29 is 33.1 Å². The number of carbonyl (C=O) groups is 4. The number of anilines is 1. The number of para-hydroxylation sites is 1. The summed E-state index contributed by atoms with van der Waals surface area (Å²) >= 11 is 0. The van der Waals surface area contributed by atoms with Crippen LogP contribution in [0.2, 0.25) is 0 Å². The molecule has 2 N–H and O–H groups in total. The first kappa shape index (κ1) is 41.3. The molecule has 314 valence electrons. The Morgan fingerprint density at radius 2 is 1.59 bits per heavy atom. The van der Waals surface area contributed by atoms with E-state index in [1.807, 2.05) is 66.1 Å². The molecule has 15 heteroatoms. The van der Waals surface area contributed by atoms with Crippen molar-refractivity contribution in [1.29, 1.82) is 0 Å². The molecule has 3 aromatic rings. The van der Waals surface area contributed by atoms with Crippen LogP contribution in [0, 0.1) is 18.8 Å². The van der Waals surface area contributed by atoms with Crippen LogP contribution >= 0.6 is 0 Å². The number of esters is 1. The van der Waals surface area contributed by atoms with Crippen molar-refractivity contribution in [3.05, 3.63) is 63.6 Å². The first-order chi connectivity index (χ1) is 28.0. The van der Waals surface area contributed by atoms with Gasteiger partial charge in [-0.05, 0) is 120 Å². The number of ether oxygens (including phenoxy) is 2. The third kappa shape index (κ3) is 10.2. The Kier molecular flexibility index (Phi) is 13.4. The lowest BCUT2D eigenvalue weighted by Crippen LogP contribution is -2.52. The summed E-state index contributed by atoms with van der Waals surface area (Å²) in [6.45, 7) is 8.22. The van der Waals surface area contributed by atoms with Gasteiger partial charge in [0.1, 0.15) is 6.61 Å². The maximum absolute atomic E-state index is 14.3. The molecule has 4 aliphatic rings. The summed E-state index contributed by atoms with van der Waals surface area (Å²) in [7, 11) is 3.91. The molecule has 1 aromatic heterocycles. The van der Waals surface area contributed by atoms with Crippen LogP contribution in [0.3, 0.4) is 0 Å². The number of nitrogens with one attached hydrogen (secondary N) is 2. The second kappa shape index (κ2) is 18.8. The van der Waals surface area contributed by atoms with Crippen LogP contribution in [0.5, 0.6) is 0 Å². The van der Waals surface area contributed by atoms with Crippen LogP contribution in [0.25, 0.3) is 11.1 Å². The highest BCUT2D eigenvalue weighted by molar-refractivity contribution is 5.91. The summed E-state index contributed by atoms with van der Waals surface area (Å²) in [5.74, 6) is 0.157. The fraction of sp³-hybridized carbons (Fsp3) is 0.605. The number of likely N-dealkylation sites (tertiary alicyclic amines) is 3. The minimum atomic E-state index is -1.06. The van der Waals surface area contributed by atoms with E-state index >= 15 is 0 Å². The van der Waals surface area contributed by atoms with Crippen molar-refractivity contribution in [3.8, 4) is 0 Å². The number of hydrogen-bond donors (Lipinski definition) is 2. The molecule has 0 unspecified atom stereocenters. The predicted octanol–water partition coefficient (Wildman–Crippen LogP) is 4.48. The summed E-state index contributed by atoms with van der Waals surface area (Å²) in [5.41, 5.74) is 4.47. The van der Waals surface area contributed by atoms with Crippen LogP contribution in [0.15, 0.2) is 45.6 Å². The topological polar surface area (TPSA) is 161 Å². The average molecular weight is 802 g/mol. The van der Waals surface area contributed by atoms with E-state index in [9.17, 15) is 24.0 Å². The average Bonchev–Trinajstić information content (AvgIpc) is 3.52. The van der Waals surface area contributed by atoms with Gasteiger partial charge in [0.25, 0.3) is 5.91 Å². The summed E-state index contributed by atoms with van der Waals surface area (Å²) in [6.07, 6.45) is 4.82. The Balaban J connectivity index is 0.933. The van der Waals surface area contributed by atoms with Gasteiger partial charge in [0.15, 0.2) is 11.7 Å². The molecule has 5 heterocycles. The Labute approximate surface area is 339 Å². The minimum absolute atomic E-state index is 0.0168. The number of aromatic nitrogens is 1. The molecule has 4 amide bonds. The molecule has 3 saturated heterocycles. The maximum atomic E-state index is 14.3. The van der Waals surface area contributed by atoms with Crippen molar-refractivity contribution in [2.24, 2.45) is 11.8 Å². The number of carbonyl (C=O) groups excluding carboxylic acids is 4. The molecule has 15 nitrogen and oxygen atoms in total. The highest BCUT2D eigenvalue weighted by Gasteiger charge is 2.37. The van der Waals surface area contributed by atoms with Gasteiger partial charge < -0.3 is 43.7 Å². The molecular formula is C43H59N7O8. The first-order valence-corrected chi connectivity index (χ1v) is 21.1. The van der Waals surface area contributed by atoms with Crippen molar-refractivity contribution in [2.75, 3.05) is 84.9 Å². The van der Waals surface area contributed by atoms with Gasteiger partial charge in [0.2, 0.25) is 0 Å². The summed E-state index contributed by atoms with van der Waals surface area (Å²) in [6, 6.07) is 11.3. The zero-order chi connectivity index (χ0) is 40.8. The van der Waals surface area contributed by atoms with E-state index in [1.165, 1.54) is 0 Å². The Hall–Kier alpha value is -4.89. The SMILES string of the molecule is Cc1cc(C[C@@H](OC(=O)N2CCC(N3CCc4ccccc4NC3=O)CC2)C(=O)N2CCC(C3CCN(CCC(=O)OCCN(C)C)CC3)CC2)cc2oc(=O)[nH]c12. The van der Waals surface area contributed by atoms with Crippen LogP contribution in [0.4, 0.5) is 15.3 Å². The quantitative estimate of drug-likeness (QED) is 0.250. The fourth-order valence-corrected chi connectivity index (χ4v) is 9.21. The second-order valence-corrected chi connectivity index (χ2v) is 16.7. The van der Waals surface area contributed by atoms with Gasteiger partial charge in [0.05, 0.1) is 11.9 Å². The van der Waals surface area contributed by atoms with Gasteiger partial charge >= 0.3 is 23.8 Å². The van der Waals surface area contributed by atoms with Crippen molar-refractivity contribution in [3.63, 3.8) is 0 Å². The lowest BCUT2D eigenvalue weighted by atomic mass is 9.78. The van der Waals surface area contributed by atoms with E-state index in [4.69, 9.17) is 13.9 Å². The third-order valence-corrected chi connectivity index (χ3v) is 12.6. The number of aryl methyl sites for hydroxylation is 1. The number of aromatic amines is 1. The summed E-state index contributed by atoms with van der Waals surface area (Å²) < 4.78 is 16.8. The zero-order valence-corrected chi connectivity index (χ0v) is 34.2. The van der Waals surface area contributed by atoms with E-state index in [2.05, 4.69) is 15.2 Å². The Bertz CT molecular complexity index is 1970. The number of amides is 4. The normalized spacial score (nSPS) is 19.5. The smallest absolute Gasteiger partial charge is 0.417 e. The van der Waals surface area contributed by atoms with E-state index in [1.54, 1.807) is 11.0 Å².